The number of rotatable bonds is 5. The van der Waals surface area contributed by atoms with Gasteiger partial charge in [0.2, 0.25) is 5.43 Å². The van der Waals surface area contributed by atoms with Crippen molar-refractivity contribution in [2.45, 2.75) is 31.5 Å². The van der Waals surface area contributed by atoms with E-state index in [0.717, 1.165) is 12.3 Å². The molecule has 10 heteroatoms. The summed E-state index contributed by atoms with van der Waals surface area (Å²) in [6.45, 7) is 0.249. The molecule has 2 atom stereocenters. The van der Waals surface area contributed by atoms with Gasteiger partial charge in [-0.05, 0) is 24.5 Å². The number of hydrogen-bond acceptors (Lipinski definition) is 5. The van der Waals surface area contributed by atoms with E-state index in [1.807, 2.05) is 0 Å². The lowest BCUT2D eigenvalue weighted by molar-refractivity contribution is 0.0694. The molecule has 166 valence electrons. The van der Waals surface area contributed by atoms with Crippen molar-refractivity contribution >= 4 is 22.6 Å². The Balaban J connectivity index is 1.98. The number of ether oxygens (including phenoxy) is 1. The van der Waals surface area contributed by atoms with Gasteiger partial charge in [-0.3, -0.25) is 4.79 Å². The molecule has 2 aliphatic rings. The third-order valence-corrected chi connectivity index (χ3v) is 5.84. The zero-order valence-electron chi connectivity index (χ0n) is 16.8. The van der Waals surface area contributed by atoms with Crippen LogP contribution in [0.25, 0.3) is 10.9 Å². The molecular formula is C21H22F3N3O4. The van der Waals surface area contributed by atoms with E-state index >= 15 is 4.39 Å². The molecule has 2 fully saturated rings. The van der Waals surface area contributed by atoms with Crippen LogP contribution < -0.4 is 20.8 Å². The number of anilines is 1. The van der Waals surface area contributed by atoms with Crippen LogP contribution in [-0.4, -0.2) is 48.6 Å². The number of nitrogens with two attached hydrogens (primary N) is 1. The summed E-state index contributed by atoms with van der Waals surface area (Å²) < 4.78 is 50.1. The Labute approximate surface area is 175 Å². The summed E-state index contributed by atoms with van der Waals surface area (Å²) in [6, 6.07) is 0.269. The fourth-order valence-electron chi connectivity index (χ4n) is 4.21. The van der Waals surface area contributed by atoms with Gasteiger partial charge in [0.15, 0.2) is 11.6 Å². The molecule has 1 aliphatic carbocycles. The number of fused-ring (bicyclic) bond motifs is 1. The predicted octanol–water partition coefficient (Wildman–Crippen LogP) is 2.91. The lowest BCUT2D eigenvalue weighted by atomic mass is 10.0. The number of alkyl halides is 1. The molecule has 0 bridgehead atoms. The molecule has 4 rings (SSSR count). The number of hydrogen-bond donors (Lipinski definition) is 2. The molecule has 0 spiro atoms. The van der Waals surface area contributed by atoms with Crippen LogP contribution in [0.4, 0.5) is 18.9 Å². The summed E-state index contributed by atoms with van der Waals surface area (Å²) in [5.41, 5.74) is 4.54. The number of benzene rings is 1. The predicted molar refractivity (Wildman–Crippen MR) is 109 cm³/mol. The third-order valence-electron chi connectivity index (χ3n) is 5.84. The summed E-state index contributed by atoms with van der Waals surface area (Å²) in [5.74, 6) is -2.76. The SMILES string of the molecule is COc1c(N2CCCC(=C(F)CN)C2)c(F)cc2c(=O)c(C(=O)O)cn([C@@H]3C[C@@H]3F)c12. The van der Waals surface area contributed by atoms with Crippen LogP contribution in [0.1, 0.15) is 35.7 Å². The zero-order valence-corrected chi connectivity index (χ0v) is 16.8. The van der Waals surface area contributed by atoms with Gasteiger partial charge in [0.05, 0.1) is 24.1 Å². The first-order valence-electron chi connectivity index (χ1n) is 9.92. The van der Waals surface area contributed by atoms with Crippen LogP contribution in [0, 0.1) is 5.82 Å². The van der Waals surface area contributed by atoms with Gasteiger partial charge in [0, 0.05) is 32.3 Å². The number of carboxylic acid groups (broad SMARTS) is 1. The molecule has 1 aromatic carbocycles. The summed E-state index contributed by atoms with van der Waals surface area (Å²) in [5, 5.41) is 9.18. The number of methoxy groups -OCH3 is 1. The highest BCUT2D eigenvalue weighted by Gasteiger charge is 2.41. The Morgan fingerprint density at radius 3 is 2.71 bits per heavy atom. The molecule has 0 amide bonds. The highest BCUT2D eigenvalue weighted by Crippen LogP contribution is 2.45. The number of nitrogens with zero attached hydrogens (tertiary/aromatic N) is 2. The van der Waals surface area contributed by atoms with Crippen LogP contribution in [-0.2, 0) is 0 Å². The maximum absolute atomic E-state index is 15.3. The maximum atomic E-state index is 15.3. The highest BCUT2D eigenvalue weighted by atomic mass is 19.1. The summed E-state index contributed by atoms with van der Waals surface area (Å²) >= 11 is 0. The average Bonchev–Trinajstić information content (AvgIpc) is 3.48. The molecule has 7 nitrogen and oxygen atoms in total. The van der Waals surface area contributed by atoms with Crippen LogP contribution in [0.5, 0.6) is 5.75 Å². The normalized spacial score (nSPS) is 22.5. The second-order valence-corrected chi connectivity index (χ2v) is 7.78. The fraction of sp³-hybridized carbons (Fsp3) is 0.429. The molecular weight excluding hydrogens is 415 g/mol. The number of aromatic nitrogens is 1. The van der Waals surface area contributed by atoms with Gasteiger partial charge >= 0.3 is 5.97 Å². The lowest BCUT2D eigenvalue weighted by Crippen LogP contribution is -2.33. The van der Waals surface area contributed by atoms with E-state index in [2.05, 4.69) is 0 Å². The number of halogens is 3. The van der Waals surface area contributed by atoms with Crippen LogP contribution in [0.15, 0.2) is 28.5 Å². The zero-order chi connectivity index (χ0) is 22.4. The van der Waals surface area contributed by atoms with Crippen LogP contribution in [0.2, 0.25) is 0 Å². The van der Waals surface area contributed by atoms with Gasteiger partial charge in [-0.25, -0.2) is 18.0 Å². The Kier molecular flexibility index (Phi) is 5.42. The highest BCUT2D eigenvalue weighted by molar-refractivity contribution is 5.97. The molecule has 1 aliphatic heterocycles. The number of aromatic carboxylic acids is 1. The Hall–Kier alpha value is -3.01. The first kappa shape index (κ1) is 21.2. The second-order valence-electron chi connectivity index (χ2n) is 7.78. The molecule has 0 unspecified atom stereocenters. The van der Waals surface area contributed by atoms with Crippen molar-refractivity contribution in [1.82, 2.24) is 4.57 Å². The number of pyridine rings is 1. The molecule has 1 saturated carbocycles. The average molecular weight is 437 g/mol. The smallest absolute Gasteiger partial charge is 0.341 e. The van der Waals surface area contributed by atoms with Gasteiger partial charge in [-0.15, -0.1) is 0 Å². The van der Waals surface area contributed by atoms with Gasteiger partial charge in [-0.1, -0.05) is 0 Å². The van der Waals surface area contributed by atoms with E-state index < -0.39 is 40.8 Å². The summed E-state index contributed by atoms with van der Waals surface area (Å²) in [6.07, 6.45) is 1.06. The largest absolute Gasteiger partial charge is 0.492 e. The standard InChI is InChI=1S/C21H22F3N3O4/c1-31-20-17-11(19(28)12(21(29)30)9-27(17)16-6-13(16)22)5-14(23)18(20)26-4-2-3-10(8-26)15(24)7-25/h5,9,13,16H,2-4,6-8,25H2,1H3,(H,29,30)/t13-,16+/m0/s1. The topological polar surface area (TPSA) is 97.8 Å². The number of carbonyl (C=O) groups is 1. The van der Waals surface area contributed by atoms with Crippen LogP contribution in [0.3, 0.4) is 0 Å². The quantitative estimate of drug-likeness (QED) is 0.747. The molecule has 2 heterocycles. The van der Waals surface area contributed by atoms with Crippen LogP contribution >= 0.6 is 0 Å². The first-order chi connectivity index (χ1) is 14.8. The molecule has 1 aromatic heterocycles. The summed E-state index contributed by atoms with van der Waals surface area (Å²) in [4.78, 5) is 25.9. The molecule has 0 radical (unpaired) electrons. The van der Waals surface area contributed by atoms with Crippen molar-refractivity contribution in [2.75, 3.05) is 31.6 Å². The summed E-state index contributed by atoms with van der Waals surface area (Å²) in [7, 11) is 1.29. The van der Waals surface area contributed by atoms with Crippen molar-refractivity contribution < 1.29 is 27.8 Å². The second kappa shape index (κ2) is 7.92. The van der Waals surface area contributed by atoms with E-state index in [4.69, 9.17) is 10.5 Å². The lowest BCUT2D eigenvalue weighted by Gasteiger charge is -2.33. The maximum Gasteiger partial charge on any atom is 0.341 e. The number of carboxylic acids is 1. The minimum Gasteiger partial charge on any atom is -0.492 e. The Morgan fingerprint density at radius 2 is 2.13 bits per heavy atom. The van der Waals surface area contributed by atoms with Gasteiger partial charge in [0.1, 0.15) is 23.2 Å². The molecule has 2 aromatic rings. The minimum atomic E-state index is -1.48. The minimum absolute atomic E-state index is 0.0162. The van der Waals surface area contributed by atoms with E-state index in [0.29, 0.717) is 25.0 Å². The van der Waals surface area contributed by atoms with E-state index in [1.165, 1.54) is 11.7 Å². The van der Waals surface area contributed by atoms with E-state index in [-0.39, 0.29) is 41.9 Å². The van der Waals surface area contributed by atoms with E-state index in [9.17, 15) is 23.5 Å². The van der Waals surface area contributed by atoms with Gasteiger partial charge in [0.25, 0.3) is 0 Å². The molecule has 3 N–H and O–H groups in total. The first-order valence-corrected chi connectivity index (χ1v) is 9.92. The Morgan fingerprint density at radius 1 is 1.42 bits per heavy atom. The molecule has 31 heavy (non-hydrogen) atoms. The van der Waals surface area contributed by atoms with Crippen molar-refractivity contribution in [3.8, 4) is 5.75 Å². The van der Waals surface area contributed by atoms with Crippen molar-refractivity contribution in [3.05, 3.63) is 45.3 Å². The third kappa shape index (κ3) is 3.54. The number of piperidine rings is 1. The van der Waals surface area contributed by atoms with Crippen molar-refractivity contribution in [1.29, 1.82) is 0 Å². The fourth-order valence-corrected chi connectivity index (χ4v) is 4.21. The van der Waals surface area contributed by atoms with E-state index in [1.54, 1.807) is 4.90 Å². The Bertz CT molecular complexity index is 1160. The van der Waals surface area contributed by atoms with Gasteiger partial charge in [-0.2, -0.15) is 0 Å². The van der Waals surface area contributed by atoms with Crippen molar-refractivity contribution in [3.63, 3.8) is 0 Å². The van der Waals surface area contributed by atoms with Crippen molar-refractivity contribution in [2.24, 2.45) is 5.73 Å². The monoisotopic (exact) mass is 437 g/mol. The van der Waals surface area contributed by atoms with Gasteiger partial charge < -0.3 is 25.0 Å². The molecule has 1 saturated heterocycles.